The van der Waals surface area contributed by atoms with E-state index in [1.807, 2.05) is 4.13 Å². The van der Waals surface area contributed by atoms with Crippen molar-refractivity contribution in [1.82, 2.24) is 0 Å². The van der Waals surface area contributed by atoms with Gasteiger partial charge in [-0.05, 0) is 36.4 Å². The summed E-state index contributed by atoms with van der Waals surface area (Å²) in [5, 5.41) is 0. The molecule has 2 aromatic rings. The Hall–Kier alpha value is -1.54. The number of alkyl halides is 12. The quantitative estimate of drug-likeness (QED) is 0.404. The van der Waals surface area contributed by atoms with E-state index in [1.54, 1.807) is 0 Å². The van der Waals surface area contributed by atoms with Crippen LogP contribution in [0.15, 0.2) is 46.2 Å². The third-order valence-electron chi connectivity index (χ3n) is 3.91. The van der Waals surface area contributed by atoms with E-state index < -0.39 is 113 Å². The summed E-state index contributed by atoms with van der Waals surface area (Å²) in [7, 11) is -12.1. The molecule has 0 unspecified atom stereocenters. The fourth-order valence-corrected chi connectivity index (χ4v) is 5.19. The van der Waals surface area contributed by atoms with Crippen LogP contribution in [0.1, 0.15) is 22.3 Å². The maximum atomic E-state index is 12.9. The summed E-state index contributed by atoms with van der Waals surface area (Å²) in [5.74, 6) is 0. The standard InChI is InChI=1S/C16H6F12NO4S2.Na/c17-13(18,19)7-1-8(14(20,21)22)4-11(3-7)34(30,31)29-35(32,33)12-5-9(15(23,24)25)2-10(6-12)16(26,27)28;/h1-6H;/q-1;+1. The van der Waals surface area contributed by atoms with Gasteiger partial charge in [-0.25, -0.2) is 16.8 Å². The Labute approximate surface area is 215 Å². The molecule has 0 saturated carbocycles. The van der Waals surface area contributed by atoms with E-state index in [0.717, 1.165) is 0 Å². The van der Waals surface area contributed by atoms with Crippen LogP contribution in [0.4, 0.5) is 52.7 Å². The summed E-state index contributed by atoms with van der Waals surface area (Å²) >= 11 is 0. The minimum Gasteiger partial charge on any atom is -0.428 e. The maximum Gasteiger partial charge on any atom is 1.00 e. The predicted molar refractivity (Wildman–Crippen MR) is 90.6 cm³/mol. The van der Waals surface area contributed by atoms with Crippen LogP contribution >= 0.6 is 0 Å². The molecular weight excluding hydrogens is 585 g/mol. The molecule has 0 fully saturated rings. The molecule has 0 N–H and O–H groups in total. The van der Waals surface area contributed by atoms with Gasteiger partial charge in [0.05, 0.1) is 32.0 Å². The zero-order valence-electron chi connectivity index (χ0n) is 16.9. The van der Waals surface area contributed by atoms with Crippen molar-refractivity contribution in [3.05, 3.63) is 62.8 Å². The van der Waals surface area contributed by atoms with Crippen molar-refractivity contribution in [3.8, 4) is 0 Å². The molecular formula is C16H6F12NNaO4S2. The largest absolute Gasteiger partial charge is 1.00 e. The van der Waals surface area contributed by atoms with Gasteiger partial charge in [0.15, 0.2) is 0 Å². The Bertz CT molecular complexity index is 1180. The molecule has 20 heteroatoms. The minimum absolute atomic E-state index is 0. The van der Waals surface area contributed by atoms with Gasteiger partial charge in [-0.2, -0.15) is 52.7 Å². The van der Waals surface area contributed by atoms with Gasteiger partial charge in [-0.1, -0.05) is 0 Å². The molecule has 0 aromatic heterocycles. The van der Waals surface area contributed by atoms with Gasteiger partial charge in [0.25, 0.3) is 0 Å². The Morgan fingerprint density at radius 1 is 0.444 bits per heavy atom. The first kappa shape index (κ1) is 32.5. The molecule has 0 radical (unpaired) electrons. The molecule has 2 aromatic carbocycles. The molecule has 0 atom stereocenters. The molecule has 0 bridgehead atoms. The molecule has 0 spiro atoms. The molecule has 0 aliphatic carbocycles. The summed E-state index contributed by atoms with van der Waals surface area (Å²) in [4.78, 5) is -3.99. The Morgan fingerprint density at radius 2 is 0.639 bits per heavy atom. The van der Waals surface area contributed by atoms with Crippen molar-refractivity contribution in [1.29, 1.82) is 0 Å². The average molecular weight is 591 g/mol. The molecule has 0 heterocycles. The summed E-state index contributed by atoms with van der Waals surface area (Å²) in [5.41, 5.74) is -8.84. The summed E-state index contributed by atoms with van der Waals surface area (Å²) in [6.07, 6.45) is -22.3. The fourth-order valence-electron chi connectivity index (χ4n) is 2.37. The summed E-state index contributed by atoms with van der Waals surface area (Å²) in [6, 6.07) is -2.83. The molecule has 2 rings (SSSR count). The fraction of sp³-hybridized carbons (Fsp3) is 0.250. The van der Waals surface area contributed by atoms with E-state index in [1.165, 1.54) is 0 Å². The molecule has 36 heavy (non-hydrogen) atoms. The topological polar surface area (TPSA) is 82.4 Å². The average Bonchev–Trinajstić information content (AvgIpc) is 2.63. The van der Waals surface area contributed by atoms with Crippen LogP contribution in [0.2, 0.25) is 0 Å². The van der Waals surface area contributed by atoms with Gasteiger partial charge in [0, 0.05) is 0 Å². The number of halogens is 12. The van der Waals surface area contributed by atoms with Crippen molar-refractivity contribution in [3.63, 3.8) is 0 Å². The van der Waals surface area contributed by atoms with E-state index in [0.29, 0.717) is 0 Å². The number of sulfonamides is 2. The smallest absolute Gasteiger partial charge is 0.428 e. The first-order chi connectivity index (χ1) is 15.3. The van der Waals surface area contributed by atoms with Crippen LogP contribution in [-0.2, 0) is 44.8 Å². The monoisotopic (exact) mass is 591 g/mol. The van der Waals surface area contributed by atoms with Crippen LogP contribution in [0, 0.1) is 0 Å². The van der Waals surface area contributed by atoms with E-state index >= 15 is 0 Å². The van der Waals surface area contributed by atoms with Gasteiger partial charge >= 0.3 is 54.3 Å². The molecule has 0 amide bonds. The van der Waals surface area contributed by atoms with Crippen LogP contribution < -0.4 is 29.6 Å². The Balaban J connectivity index is 0.00000648. The van der Waals surface area contributed by atoms with Crippen LogP contribution in [-0.4, -0.2) is 16.8 Å². The summed E-state index contributed by atoms with van der Waals surface area (Å²) in [6.45, 7) is 0. The SMILES string of the molecule is O=S(=O)([N-]S(=O)(=O)c1cc(C(F)(F)F)cc(C(F)(F)F)c1)c1cc(C(F)(F)F)cc(C(F)(F)F)c1.[Na+]. The van der Waals surface area contributed by atoms with Crippen molar-refractivity contribution in [2.24, 2.45) is 0 Å². The number of rotatable bonds is 4. The molecule has 0 saturated heterocycles. The molecule has 0 aliphatic rings. The number of nitrogens with zero attached hydrogens (tertiary/aromatic N) is 1. The molecule has 196 valence electrons. The third-order valence-corrected chi connectivity index (χ3v) is 7.15. The van der Waals surface area contributed by atoms with Gasteiger partial charge < -0.3 is 4.13 Å². The minimum atomic E-state index is -6.05. The van der Waals surface area contributed by atoms with E-state index in [4.69, 9.17) is 0 Å². The van der Waals surface area contributed by atoms with Gasteiger partial charge in [0.1, 0.15) is 20.0 Å². The number of benzene rings is 2. The van der Waals surface area contributed by atoms with E-state index in [9.17, 15) is 69.5 Å². The van der Waals surface area contributed by atoms with Gasteiger partial charge in [0.2, 0.25) is 0 Å². The third kappa shape index (κ3) is 7.73. The predicted octanol–water partition coefficient (Wildman–Crippen LogP) is 3.22. The molecule has 0 aliphatic heterocycles. The van der Waals surface area contributed by atoms with Crippen LogP contribution in [0.3, 0.4) is 0 Å². The van der Waals surface area contributed by atoms with Crippen LogP contribution in [0.5, 0.6) is 0 Å². The number of hydrogen-bond donors (Lipinski definition) is 0. The zero-order valence-corrected chi connectivity index (χ0v) is 20.5. The zero-order chi connectivity index (χ0) is 27.4. The van der Waals surface area contributed by atoms with E-state index in [2.05, 4.69) is 0 Å². The first-order valence-corrected chi connectivity index (χ1v) is 11.1. The summed E-state index contributed by atoms with van der Waals surface area (Å²) < 4.78 is 206. The van der Waals surface area contributed by atoms with Crippen molar-refractivity contribution in [2.45, 2.75) is 34.5 Å². The Kier molecular flexibility index (Phi) is 9.00. The van der Waals surface area contributed by atoms with Crippen LogP contribution in [0.25, 0.3) is 4.13 Å². The molecule has 5 nitrogen and oxygen atoms in total. The number of hydrogen-bond acceptors (Lipinski definition) is 4. The normalized spacial score (nSPS) is 13.9. The van der Waals surface area contributed by atoms with Gasteiger partial charge in [-0.15, -0.1) is 0 Å². The second kappa shape index (κ2) is 9.97. The van der Waals surface area contributed by atoms with Gasteiger partial charge in [-0.3, -0.25) is 0 Å². The second-order valence-corrected chi connectivity index (χ2v) is 9.95. The first-order valence-electron chi connectivity index (χ1n) is 8.17. The second-order valence-electron chi connectivity index (χ2n) is 6.51. The Morgan fingerprint density at radius 3 is 0.806 bits per heavy atom. The maximum absolute atomic E-state index is 12.9. The van der Waals surface area contributed by atoms with E-state index in [-0.39, 0.29) is 29.6 Å². The van der Waals surface area contributed by atoms with Crippen molar-refractivity contribution >= 4 is 20.0 Å². The van der Waals surface area contributed by atoms with Crippen molar-refractivity contribution < 1.29 is 99.1 Å². The van der Waals surface area contributed by atoms with Crippen molar-refractivity contribution in [2.75, 3.05) is 0 Å².